The number of ether oxygens (including phenoxy) is 2. The zero-order valence-electron chi connectivity index (χ0n) is 10.7. The van der Waals surface area contributed by atoms with E-state index in [1.165, 1.54) is 10.9 Å². The topological polar surface area (TPSA) is 53.4 Å². The summed E-state index contributed by atoms with van der Waals surface area (Å²) < 4.78 is 11.9. The van der Waals surface area contributed by atoms with E-state index in [0.717, 1.165) is 5.75 Å². The Labute approximate surface area is 125 Å². The summed E-state index contributed by atoms with van der Waals surface area (Å²) in [5.74, 6) is 1.44. The van der Waals surface area contributed by atoms with Crippen molar-refractivity contribution < 1.29 is 9.47 Å². The lowest BCUT2D eigenvalue weighted by atomic mass is 10.3. The lowest BCUT2D eigenvalue weighted by Crippen LogP contribution is -2.24. The third-order valence-electron chi connectivity index (χ3n) is 2.60. The molecular weight excluding hydrogens is 303 g/mol. The second-order valence-electron chi connectivity index (χ2n) is 3.87. The van der Waals surface area contributed by atoms with Gasteiger partial charge in [0.1, 0.15) is 23.1 Å². The molecule has 0 saturated carbocycles. The van der Waals surface area contributed by atoms with E-state index in [-0.39, 0.29) is 15.7 Å². The molecule has 2 aromatic rings. The summed E-state index contributed by atoms with van der Waals surface area (Å²) >= 11 is 11.4. The van der Waals surface area contributed by atoms with Crippen LogP contribution in [0.15, 0.2) is 35.4 Å². The van der Waals surface area contributed by atoms with E-state index >= 15 is 0 Å². The van der Waals surface area contributed by atoms with Gasteiger partial charge in [0.25, 0.3) is 5.56 Å². The normalized spacial score (nSPS) is 10.3. The van der Waals surface area contributed by atoms with Gasteiger partial charge < -0.3 is 9.47 Å². The highest BCUT2D eigenvalue weighted by Crippen LogP contribution is 2.17. The van der Waals surface area contributed by atoms with E-state index in [0.29, 0.717) is 18.9 Å². The molecule has 0 radical (unpaired) electrons. The second kappa shape index (κ2) is 6.63. The standard InChI is InChI=1S/C13H12Cl2N2O3/c1-19-9-2-4-10(5-3-9)20-7-6-17-8-16-12(15)11(14)13(17)18/h2-5,8H,6-7H2,1H3. The minimum Gasteiger partial charge on any atom is -0.497 e. The minimum absolute atomic E-state index is 0.00369. The molecule has 0 bridgehead atoms. The molecule has 0 aliphatic rings. The Hall–Kier alpha value is -1.72. The first-order valence-electron chi connectivity index (χ1n) is 5.79. The largest absolute Gasteiger partial charge is 0.497 e. The molecule has 1 aromatic carbocycles. The zero-order valence-corrected chi connectivity index (χ0v) is 12.2. The van der Waals surface area contributed by atoms with Gasteiger partial charge in [-0.1, -0.05) is 23.2 Å². The van der Waals surface area contributed by atoms with E-state index in [9.17, 15) is 4.79 Å². The fourth-order valence-corrected chi connectivity index (χ4v) is 1.82. The Morgan fingerprint density at radius 3 is 2.50 bits per heavy atom. The predicted octanol–water partition coefficient (Wildman–Crippen LogP) is 2.64. The molecular formula is C13H12Cl2N2O3. The molecule has 0 atom stereocenters. The fraction of sp³-hybridized carbons (Fsp3) is 0.231. The van der Waals surface area contributed by atoms with E-state index in [1.54, 1.807) is 31.4 Å². The van der Waals surface area contributed by atoms with Gasteiger partial charge in [0.15, 0.2) is 5.15 Å². The van der Waals surface area contributed by atoms with Crippen molar-refractivity contribution in [2.75, 3.05) is 13.7 Å². The summed E-state index contributed by atoms with van der Waals surface area (Å²) in [6.45, 7) is 0.640. The zero-order chi connectivity index (χ0) is 14.5. The van der Waals surface area contributed by atoms with E-state index in [2.05, 4.69) is 4.98 Å². The molecule has 106 valence electrons. The Bertz CT molecular complexity index is 641. The molecule has 0 fully saturated rings. The molecule has 1 aromatic heterocycles. The molecule has 0 unspecified atom stereocenters. The molecule has 0 saturated heterocycles. The number of methoxy groups -OCH3 is 1. The quantitative estimate of drug-likeness (QED) is 0.796. The first kappa shape index (κ1) is 14.7. The summed E-state index contributed by atoms with van der Waals surface area (Å²) in [7, 11) is 1.60. The van der Waals surface area contributed by atoms with Gasteiger partial charge in [-0.2, -0.15) is 0 Å². The third kappa shape index (κ3) is 3.43. The van der Waals surface area contributed by atoms with Gasteiger partial charge in [-0.25, -0.2) is 4.98 Å². The molecule has 0 spiro atoms. The van der Waals surface area contributed by atoms with Gasteiger partial charge in [-0.05, 0) is 24.3 Å². The second-order valence-corrected chi connectivity index (χ2v) is 4.61. The van der Waals surface area contributed by atoms with Gasteiger partial charge in [0.2, 0.25) is 0 Å². The average Bonchev–Trinajstić information content (AvgIpc) is 2.48. The number of benzene rings is 1. The molecule has 0 amide bonds. The third-order valence-corrected chi connectivity index (χ3v) is 3.32. The van der Waals surface area contributed by atoms with Crippen molar-refractivity contribution in [2.24, 2.45) is 0 Å². The Morgan fingerprint density at radius 2 is 1.85 bits per heavy atom. The van der Waals surface area contributed by atoms with Crippen molar-refractivity contribution in [3.8, 4) is 11.5 Å². The molecule has 0 N–H and O–H groups in total. The number of aromatic nitrogens is 2. The van der Waals surface area contributed by atoms with Crippen LogP contribution < -0.4 is 15.0 Å². The molecule has 0 aliphatic heterocycles. The summed E-state index contributed by atoms with van der Waals surface area (Å²) in [4.78, 5) is 15.6. The maximum Gasteiger partial charge on any atom is 0.273 e. The highest BCUT2D eigenvalue weighted by atomic mass is 35.5. The van der Waals surface area contributed by atoms with Crippen LogP contribution in [0.3, 0.4) is 0 Å². The smallest absolute Gasteiger partial charge is 0.273 e. The van der Waals surface area contributed by atoms with Gasteiger partial charge in [-0.3, -0.25) is 9.36 Å². The lowest BCUT2D eigenvalue weighted by molar-refractivity contribution is 0.295. The molecule has 5 nitrogen and oxygen atoms in total. The number of rotatable bonds is 5. The van der Waals surface area contributed by atoms with Crippen molar-refractivity contribution >= 4 is 23.2 Å². The molecule has 1 heterocycles. The van der Waals surface area contributed by atoms with E-state index < -0.39 is 0 Å². The van der Waals surface area contributed by atoms with Crippen molar-refractivity contribution in [2.45, 2.75) is 6.54 Å². The number of hydrogen-bond donors (Lipinski definition) is 0. The SMILES string of the molecule is COc1ccc(OCCn2cnc(Cl)c(Cl)c2=O)cc1. The monoisotopic (exact) mass is 314 g/mol. The first-order valence-corrected chi connectivity index (χ1v) is 6.54. The van der Waals surface area contributed by atoms with Crippen LogP contribution in [-0.4, -0.2) is 23.3 Å². The van der Waals surface area contributed by atoms with Gasteiger partial charge >= 0.3 is 0 Å². The van der Waals surface area contributed by atoms with Crippen LogP contribution in [0.25, 0.3) is 0 Å². The van der Waals surface area contributed by atoms with Gasteiger partial charge in [0, 0.05) is 0 Å². The van der Waals surface area contributed by atoms with Crippen molar-refractivity contribution in [1.82, 2.24) is 9.55 Å². The maximum absolute atomic E-state index is 11.7. The summed E-state index contributed by atoms with van der Waals surface area (Å²) in [6.07, 6.45) is 1.34. The summed E-state index contributed by atoms with van der Waals surface area (Å²) in [6, 6.07) is 7.16. The number of halogens is 2. The average molecular weight is 315 g/mol. The Kier molecular flexibility index (Phi) is 4.87. The molecule has 20 heavy (non-hydrogen) atoms. The van der Waals surface area contributed by atoms with Crippen LogP contribution in [0.2, 0.25) is 10.2 Å². The molecule has 0 aliphatic carbocycles. The summed E-state index contributed by atoms with van der Waals surface area (Å²) in [5.41, 5.74) is -0.384. The summed E-state index contributed by atoms with van der Waals surface area (Å²) in [5, 5.41) is -0.0809. The molecule has 2 rings (SSSR count). The number of hydrogen-bond acceptors (Lipinski definition) is 4. The van der Waals surface area contributed by atoms with Crippen LogP contribution in [-0.2, 0) is 6.54 Å². The molecule has 7 heteroatoms. The van der Waals surface area contributed by atoms with Crippen LogP contribution >= 0.6 is 23.2 Å². The minimum atomic E-state index is -0.384. The highest BCUT2D eigenvalue weighted by molar-refractivity contribution is 6.40. The fourth-order valence-electron chi connectivity index (χ4n) is 1.54. The predicted molar refractivity (Wildman–Crippen MR) is 77.0 cm³/mol. The van der Waals surface area contributed by atoms with Gasteiger partial charge in [0.05, 0.1) is 20.0 Å². The maximum atomic E-state index is 11.7. The lowest BCUT2D eigenvalue weighted by Gasteiger charge is -2.09. The van der Waals surface area contributed by atoms with E-state index in [4.69, 9.17) is 32.7 Å². The van der Waals surface area contributed by atoms with Crippen molar-refractivity contribution in [3.63, 3.8) is 0 Å². The van der Waals surface area contributed by atoms with Gasteiger partial charge in [-0.15, -0.1) is 0 Å². The van der Waals surface area contributed by atoms with Crippen LogP contribution in [0.4, 0.5) is 0 Å². The Balaban J connectivity index is 1.96. The van der Waals surface area contributed by atoms with Crippen molar-refractivity contribution in [1.29, 1.82) is 0 Å². The van der Waals surface area contributed by atoms with Crippen LogP contribution in [0, 0.1) is 0 Å². The number of nitrogens with zero attached hydrogens (tertiary/aromatic N) is 2. The first-order chi connectivity index (χ1) is 9.61. The van der Waals surface area contributed by atoms with E-state index in [1.807, 2.05) is 0 Å². The van der Waals surface area contributed by atoms with Crippen LogP contribution in [0.1, 0.15) is 0 Å². The van der Waals surface area contributed by atoms with Crippen molar-refractivity contribution in [3.05, 3.63) is 51.1 Å². The highest BCUT2D eigenvalue weighted by Gasteiger charge is 2.07. The Morgan fingerprint density at radius 1 is 1.20 bits per heavy atom. The van der Waals surface area contributed by atoms with Crippen LogP contribution in [0.5, 0.6) is 11.5 Å².